The van der Waals surface area contributed by atoms with E-state index < -0.39 is 48.8 Å². The highest BCUT2D eigenvalue weighted by molar-refractivity contribution is 5.93. The number of carbonyl (C=O) groups excluding carboxylic acids is 4. The summed E-state index contributed by atoms with van der Waals surface area (Å²) in [6.07, 6.45) is -4.64. The predicted octanol–water partition coefficient (Wildman–Crippen LogP) is 1.88. The number of aromatic nitrogens is 1. The first-order chi connectivity index (χ1) is 16.1. The third-order valence-corrected chi connectivity index (χ3v) is 4.56. The number of carbonyl (C=O) groups is 4. The summed E-state index contributed by atoms with van der Waals surface area (Å²) in [5.74, 6) is -2.60. The van der Waals surface area contributed by atoms with Crippen molar-refractivity contribution in [3.05, 3.63) is 35.5 Å². The minimum absolute atomic E-state index is 0.0162. The van der Waals surface area contributed by atoms with E-state index in [0.29, 0.717) is 16.7 Å². The Morgan fingerprint density at radius 1 is 0.971 bits per heavy atom. The normalized spacial score (nSPS) is 13.4. The molecule has 0 aliphatic carbocycles. The SMILES string of the molecule is CCOC(=O)c1nc2ccc(OC)cc2cc1[C@@H](OC(C)=O)[C@@H](OC(C)=O)[C@H](O)COC(C)=O. The van der Waals surface area contributed by atoms with Crippen molar-refractivity contribution in [2.45, 2.75) is 46.0 Å². The van der Waals surface area contributed by atoms with E-state index in [2.05, 4.69) is 4.98 Å². The lowest BCUT2D eigenvalue weighted by Gasteiger charge is -2.30. The van der Waals surface area contributed by atoms with Gasteiger partial charge in [0.2, 0.25) is 0 Å². The molecule has 0 aliphatic heterocycles. The van der Waals surface area contributed by atoms with Crippen molar-refractivity contribution >= 4 is 34.8 Å². The molecule has 1 heterocycles. The number of pyridine rings is 1. The van der Waals surface area contributed by atoms with E-state index in [1.54, 1.807) is 25.1 Å². The Balaban J connectivity index is 2.74. The number of fused-ring (bicyclic) bond motifs is 1. The Bertz CT molecular complexity index is 1070. The van der Waals surface area contributed by atoms with Gasteiger partial charge in [-0.1, -0.05) is 0 Å². The highest BCUT2D eigenvalue weighted by Gasteiger charge is 2.39. The summed E-state index contributed by atoms with van der Waals surface area (Å²) in [6.45, 7) is 4.42. The minimum atomic E-state index is -1.60. The number of nitrogens with zero attached hydrogens (tertiary/aromatic N) is 1. The van der Waals surface area contributed by atoms with Crippen LogP contribution in [0.1, 0.15) is 49.9 Å². The van der Waals surface area contributed by atoms with Gasteiger partial charge in [0, 0.05) is 31.7 Å². The third-order valence-electron chi connectivity index (χ3n) is 4.56. The van der Waals surface area contributed by atoms with E-state index in [-0.39, 0.29) is 17.9 Å². The number of benzene rings is 1. The van der Waals surface area contributed by atoms with E-state index >= 15 is 0 Å². The molecule has 3 atom stereocenters. The van der Waals surface area contributed by atoms with Crippen molar-refractivity contribution in [2.75, 3.05) is 20.3 Å². The first kappa shape index (κ1) is 26.5. The van der Waals surface area contributed by atoms with Gasteiger partial charge in [-0.2, -0.15) is 0 Å². The summed E-state index contributed by atoms with van der Waals surface area (Å²) in [4.78, 5) is 52.2. The van der Waals surface area contributed by atoms with Crippen LogP contribution in [0.4, 0.5) is 0 Å². The quantitative estimate of drug-likeness (QED) is 0.395. The maximum absolute atomic E-state index is 12.8. The number of aliphatic hydroxyl groups excluding tert-OH is 1. The van der Waals surface area contributed by atoms with Crippen LogP contribution in [0.3, 0.4) is 0 Å². The summed E-state index contributed by atoms with van der Waals surface area (Å²) in [6, 6.07) is 6.42. The minimum Gasteiger partial charge on any atom is -0.497 e. The molecule has 2 aromatic rings. The molecule has 0 amide bonds. The van der Waals surface area contributed by atoms with E-state index in [4.69, 9.17) is 23.7 Å². The van der Waals surface area contributed by atoms with Crippen LogP contribution in [-0.2, 0) is 33.3 Å². The van der Waals surface area contributed by atoms with Gasteiger partial charge in [0.25, 0.3) is 0 Å². The topological polar surface area (TPSA) is 148 Å². The average molecular weight is 477 g/mol. The Morgan fingerprint density at radius 3 is 2.21 bits per heavy atom. The van der Waals surface area contributed by atoms with Gasteiger partial charge in [-0.15, -0.1) is 0 Å². The Labute approximate surface area is 195 Å². The van der Waals surface area contributed by atoms with E-state index in [9.17, 15) is 24.3 Å². The molecular weight excluding hydrogens is 450 g/mol. The van der Waals surface area contributed by atoms with Crippen LogP contribution in [0, 0.1) is 0 Å². The van der Waals surface area contributed by atoms with Crippen LogP contribution in [0.25, 0.3) is 10.9 Å². The smallest absolute Gasteiger partial charge is 0.357 e. The number of methoxy groups -OCH3 is 1. The van der Waals surface area contributed by atoms with Crippen LogP contribution in [0.15, 0.2) is 24.3 Å². The first-order valence-electron chi connectivity index (χ1n) is 10.4. The van der Waals surface area contributed by atoms with Crippen LogP contribution >= 0.6 is 0 Å². The second-order valence-corrected chi connectivity index (χ2v) is 7.18. The van der Waals surface area contributed by atoms with Gasteiger partial charge >= 0.3 is 23.9 Å². The molecule has 0 aliphatic rings. The van der Waals surface area contributed by atoms with Crippen LogP contribution in [0.5, 0.6) is 5.75 Å². The third kappa shape index (κ3) is 6.88. The van der Waals surface area contributed by atoms with E-state index in [1.807, 2.05) is 0 Å². The predicted molar refractivity (Wildman–Crippen MR) is 117 cm³/mol. The number of hydrogen-bond acceptors (Lipinski definition) is 11. The van der Waals surface area contributed by atoms with Crippen molar-refractivity contribution in [1.82, 2.24) is 4.98 Å². The largest absolute Gasteiger partial charge is 0.497 e. The maximum Gasteiger partial charge on any atom is 0.357 e. The molecule has 0 saturated carbocycles. The average Bonchev–Trinajstić information content (AvgIpc) is 2.78. The van der Waals surface area contributed by atoms with Crippen molar-refractivity contribution in [3.63, 3.8) is 0 Å². The molecule has 1 N–H and O–H groups in total. The molecule has 1 aromatic carbocycles. The summed E-state index contributed by atoms with van der Waals surface area (Å²) in [5, 5.41) is 11.2. The van der Waals surface area contributed by atoms with Crippen molar-refractivity contribution in [3.8, 4) is 5.75 Å². The summed E-state index contributed by atoms with van der Waals surface area (Å²) in [5.41, 5.74) is 0.226. The van der Waals surface area contributed by atoms with Gasteiger partial charge < -0.3 is 28.8 Å². The van der Waals surface area contributed by atoms with Gasteiger partial charge in [0.1, 0.15) is 18.5 Å². The zero-order chi connectivity index (χ0) is 25.4. The molecule has 0 fully saturated rings. The molecule has 0 bridgehead atoms. The fourth-order valence-electron chi connectivity index (χ4n) is 3.20. The van der Waals surface area contributed by atoms with Gasteiger partial charge in [-0.25, -0.2) is 9.78 Å². The van der Waals surface area contributed by atoms with Crippen LogP contribution < -0.4 is 4.74 Å². The number of aliphatic hydroxyl groups is 1. The van der Waals surface area contributed by atoms with E-state index in [0.717, 1.165) is 20.8 Å². The molecule has 0 radical (unpaired) electrons. The number of esters is 4. The highest BCUT2D eigenvalue weighted by Crippen LogP contribution is 2.32. The van der Waals surface area contributed by atoms with Crippen LogP contribution in [-0.4, -0.2) is 66.5 Å². The molecule has 0 unspecified atom stereocenters. The molecule has 2 rings (SSSR count). The number of hydrogen-bond donors (Lipinski definition) is 1. The van der Waals surface area contributed by atoms with Gasteiger partial charge in [-0.3, -0.25) is 14.4 Å². The number of rotatable bonds is 10. The second-order valence-electron chi connectivity index (χ2n) is 7.18. The Morgan fingerprint density at radius 2 is 1.65 bits per heavy atom. The summed E-state index contributed by atoms with van der Waals surface area (Å²) >= 11 is 0. The highest BCUT2D eigenvalue weighted by atomic mass is 16.6. The summed E-state index contributed by atoms with van der Waals surface area (Å²) < 4.78 is 25.8. The zero-order valence-corrected chi connectivity index (χ0v) is 19.5. The molecule has 0 spiro atoms. The van der Waals surface area contributed by atoms with Crippen molar-refractivity contribution in [1.29, 1.82) is 0 Å². The molecule has 1 aromatic heterocycles. The molecular formula is C23H27NO10. The van der Waals surface area contributed by atoms with Gasteiger partial charge in [-0.05, 0) is 31.2 Å². The van der Waals surface area contributed by atoms with Crippen molar-refractivity contribution < 1.29 is 48.0 Å². The van der Waals surface area contributed by atoms with Gasteiger partial charge in [0.05, 0.1) is 19.2 Å². The maximum atomic E-state index is 12.8. The fourth-order valence-corrected chi connectivity index (χ4v) is 3.20. The van der Waals surface area contributed by atoms with Gasteiger partial charge in [0.15, 0.2) is 17.9 Å². The molecule has 34 heavy (non-hydrogen) atoms. The lowest BCUT2D eigenvalue weighted by Crippen LogP contribution is -2.41. The molecule has 184 valence electrons. The first-order valence-corrected chi connectivity index (χ1v) is 10.4. The summed E-state index contributed by atoms with van der Waals surface area (Å²) in [7, 11) is 1.48. The second kappa shape index (κ2) is 11.9. The van der Waals surface area contributed by atoms with E-state index in [1.165, 1.54) is 13.2 Å². The zero-order valence-electron chi connectivity index (χ0n) is 19.5. The fraction of sp³-hybridized carbons (Fsp3) is 0.435. The van der Waals surface area contributed by atoms with Crippen molar-refractivity contribution in [2.24, 2.45) is 0 Å². The Kier molecular flexibility index (Phi) is 9.31. The van der Waals surface area contributed by atoms with Crippen LogP contribution in [0.2, 0.25) is 0 Å². The lowest BCUT2D eigenvalue weighted by molar-refractivity contribution is -0.180. The monoisotopic (exact) mass is 477 g/mol. The standard InChI is InChI=1S/C23H27NO10/c1-6-31-23(29)20-17(10-15-9-16(30-5)7-8-18(15)24-20)21(33-13(3)26)22(34-14(4)27)19(28)11-32-12(2)25/h7-10,19,21-22,28H,6,11H2,1-5H3/t19-,21-,22+/m1/s1. The number of ether oxygens (including phenoxy) is 5. The Hall–Kier alpha value is -3.73. The molecule has 0 saturated heterocycles. The molecule has 11 nitrogen and oxygen atoms in total. The lowest BCUT2D eigenvalue weighted by atomic mass is 9.96. The molecule has 11 heteroatoms.